The molecule has 0 fully saturated rings. The van der Waals surface area contributed by atoms with Crippen LogP contribution in [0.3, 0.4) is 0 Å². The standard InChI is InChI=1S/C18H16N2O3/c1-23-15-9-7-14(8-10-15)16-11-17(18(21)22)20(19-16)12-13-5-3-2-4-6-13/h2-11H,12H2,1H3,(H,21,22). The summed E-state index contributed by atoms with van der Waals surface area (Å²) >= 11 is 0. The molecule has 0 saturated carbocycles. The molecule has 0 bridgehead atoms. The molecule has 1 heterocycles. The number of aromatic carboxylic acids is 1. The minimum Gasteiger partial charge on any atom is -0.497 e. The van der Waals surface area contributed by atoms with Crippen molar-refractivity contribution in [2.75, 3.05) is 7.11 Å². The van der Waals surface area contributed by atoms with Gasteiger partial charge >= 0.3 is 5.97 Å². The molecule has 0 amide bonds. The van der Waals surface area contributed by atoms with Gasteiger partial charge in [-0.1, -0.05) is 30.3 Å². The van der Waals surface area contributed by atoms with E-state index < -0.39 is 5.97 Å². The number of carboxylic acid groups (broad SMARTS) is 1. The van der Waals surface area contributed by atoms with Gasteiger partial charge in [-0.3, -0.25) is 4.68 Å². The SMILES string of the molecule is COc1ccc(-c2cc(C(=O)O)n(Cc3ccccc3)n2)cc1. The van der Waals surface area contributed by atoms with Gasteiger partial charge in [-0.15, -0.1) is 0 Å². The van der Waals surface area contributed by atoms with E-state index in [2.05, 4.69) is 5.10 Å². The predicted molar refractivity (Wildman–Crippen MR) is 86.7 cm³/mol. The highest BCUT2D eigenvalue weighted by atomic mass is 16.5. The normalized spacial score (nSPS) is 10.5. The highest BCUT2D eigenvalue weighted by Crippen LogP contribution is 2.22. The van der Waals surface area contributed by atoms with Crippen LogP contribution in [0, 0.1) is 0 Å². The first-order valence-electron chi connectivity index (χ1n) is 7.17. The van der Waals surface area contributed by atoms with Gasteiger partial charge in [-0.2, -0.15) is 5.10 Å². The lowest BCUT2D eigenvalue weighted by Crippen LogP contribution is -2.10. The van der Waals surface area contributed by atoms with E-state index in [-0.39, 0.29) is 5.69 Å². The maximum Gasteiger partial charge on any atom is 0.354 e. The van der Waals surface area contributed by atoms with Gasteiger partial charge in [0.25, 0.3) is 0 Å². The summed E-state index contributed by atoms with van der Waals surface area (Å²) in [4.78, 5) is 11.5. The third-order valence-corrected chi connectivity index (χ3v) is 3.56. The van der Waals surface area contributed by atoms with E-state index in [1.165, 1.54) is 4.68 Å². The van der Waals surface area contributed by atoms with Gasteiger partial charge in [-0.25, -0.2) is 4.79 Å². The van der Waals surface area contributed by atoms with Crippen molar-refractivity contribution in [1.29, 1.82) is 0 Å². The fraction of sp³-hybridized carbons (Fsp3) is 0.111. The number of hydrogen-bond donors (Lipinski definition) is 1. The molecule has 0 unspecified atom stereocenters. The fourth-order valence-corrected chi connectivity index (χ4v) is 2.37. The number of hydrogen-bond acceptors (Lipinski definition) is 3. The smallest absolute Gasteiger partial charge is 0.354 e. The molecular formula is C18H16N2O3. The Bertz CT molecular complexity index is 808. The van der Waals surface area contributed by atoms with Gasteiger partial charge in [0.15, 0.2) is 0 Å². The number of methoxy groups -OCH3 is 1. The van der Waals surface area contributed by atoms with Gasteiger partial charge in [0, 0.05) is 5.56 Å². The average molecular weight is 308 g/mol. The Morgan fingerprint density at radius 2 is 1.83 bits per heavy atom. The zero-order valence-electron chi connectivity index (χ0n) is 12.6. The van der Waals surface area contributed by atoms with Crippen molar-refractivity contribution >= 4 is 5.97 Å². The lowest BCUT2D eigenvalue weighted by atomic mass is 10.1. The molecule has 5 heteroatoms. The molecule has 116 valence electrons. The van der Waals surface area contributed by atoms with Crippen LogP contribution in [-0.4, -0.2) is 28.0 Å². The number of nitrogens with zero attached hydrogens (tertiary/aromatic N) is 2. The fourth-order valence-electron chi connectivity index (χ4n) is 2.37. The molecule has 0 aliphatic carbocycles. The Kier molecular flexibility index (Phi) is 4.10. The van der Waals surface area contributed by atoms with E-state index in [0.29, 0.717) is 12.2 Å². The van der Waals surface area contributed by atoms with Crippen LogP contribution in [0.25, 0.3) is 11.3 Å². The lowest BCUT2D eigenvalue weighted by Gasteiger charge is -2.04. The Morgan fingerprint density at radius 1 is 1.13 bits per heavy atom. The molecule has 2 aromatic carbocycles. The molecule has 3 rings (SSSR count). The molecule has 0 atom stereocenters. The van der Waals surface area contributed by atoms with Gasteiger partial charge < -0.3 is 9.84 Å². The highest BCUT2D eigenvalue weighted by Gasteiger charge is 2.15. The topological polar surface area (TPSA) is 64.3 Å². The van der Waals surface area contributed by atoms with Crippen LogP contribution in [-0.2, 0) is 6.54 Å². The zero-order chi connectivity index (χ0) is 16.2. The van der Waals surface area contributed by atoms with E-state index >= 15 is 0 Å². The Balaban J connectivity index is 1.96. The summed E-state index contributed by atoms with van der Waals surface area (Å²) in [7, 11) is 1.60. The van der Waals surface area contributed by atoms with Gasteiger partial charge in [0.2, 0.25) is 0 Å². The van der Waals surface area contributed by atoms with E-state index in [9.17, 15) is 9.90 Å². The Morgan fingerprint density at radius 3 is 2.43 bits per heavy atom. The van der Waals surface area contributed by atoms with E-state index in [4.69, 9.17) is 4.74 Å². The first kappa shape index (κ1) is 14.8. The lowest BCUT2D eigenvalue weighted by molar-refractivity contribution is 0.0684. The maximum absolute atomic E-state index is 11.5. The quantitative estimate of drug-likeness (QED) is 0.785. The minimum atomic E-state index is -0.992. The highest BCUT2D eigenvalue weighted by molar-refractivity contribution is 5.87. The van der Waals surface area contributed by atoms with Crippen molar-refractivity contribution in [3.8, 4) is 17.0 Å². The molecule has 1 N–H and O–H groups in total. The largest absolute Gasteiger partial charge is 0.497 e. The van der Waals surface area contributed by atoms with Crippen molar-refractivity contribution < 1.29 is 14.6 Å². The monoisotopic (exact) mass is 308 g/mol. The van der Waals surface area contributed by atoms with Gasteiger partial charge in [0.1, 0.15) is 11.4 Å². The van der Waals surface area contributed by atoms with Crippen molar-refractivity contribution in [3.63, 3.8) is 0 Å². The van der Waals surface area contributed by atoms with Crippen LogP contribution in [0.4, 0.5) is 0 Å². The van der Waals surface area contributed by atoms with Crippen molar-refractivity contribution in [1.82, 2.24) is 9.78 Å². The third-order valence-electron chi connectivity index (χ3n) is 3.56. The van der Waals surface area contributed by atoms with Crippen LogP contribution in [0.1, 0.15) is 16.1 Å². The van der Waals surface area contributed by atoms with Gasteiger partial charge in [-0.05, 0) is 35.9 Å². The molecule has 1 aromatic heterocycles. The molecule has 23 heavy (non-hydrogen) atoms. The average Bonchev–Trinajstić information content (AvgIpc) is 3.00. The molecule has 5 nitrogen and oxygen atoms in total. The predicted octanol–water partition coefficient (Wildman–Crippen LogP) is 3.31. The number of benzene rings is 2. The van der Waals surface area contributed by atoms with Crippen LogP contribution < -0.4 is 4.74 Å². The van der Waals surface area contributed by atoms with E-state index in [0.717, 1.165) is 16.9 Å². The third kappa shape index (κ3) is 3.23. The zero-order valence-corrected chi connectivity index (χ0v) is 12.6. The summed E-state index contributed by atoms with van der Waals surface area (Å²) in [5.74, 6) is -0.246. The maximum atomic E-state index is 11.5. The molecule has 0 aliphatic rings. The first-order valence-corrected chi connectivity index (χ1v) is 7.17. The van der Waals surface area contributed by atoms with Gasteiger partial charge in [0.05, 0.1) is 19.3 Å². The second kappa shape index (κ2) is 6.36. The number of rotatable bonds is 5. The summed E-state index contributed by atoms with van der Waals surface area (Å²) in [6.45, 7) is 0.415. The number of aromatic nitrogens is 2. The van der Waals surface area contributed by atoms with Crippen LogP contribution in [0.2, 0.25) is 0 Å². The summed E-state index contributed by atoms with van der Waals surface area (Å²) in [5.41, 5.74) is 2.64. The van der Waals surface area contributed by atoms with Crippen molar-refractivity contribution in [3.05, 3.63) is 71.9 Å². The first-order chi connectivity index (χ1) is 11.2. The van der Waals surface area contributed by atoms with E-state index in [1.54, 1.807) is 13.2 Å². The van der Waals surface area contributed by atoms with Crippen molar-refractivity contribution in [2.45, 2.75) is 6.54 Å². The van der Waals surface area contributed by atoms with Crippen molar-refractivity contribution in [2.24, 2.45) is 0 Å². The van der Waals surface area contributed by atoms with E-state index in [1.807, 2.05) is 54.6 Å². The summed E-state index contributed by atoms with van der Waals surface area (Å²) in [6, 6.07) is 18.6. The second-order valence-electron chi connectivity index (χ2n) is 5.09. The number of carbonyl (C=O) groups is 1. The summed E-state index contributed by atoms with van der Waals surface area (Å²) in [5, 5.41) is 13.9. The number of carboxylic acids is 1. The van der Waals surface area contributed by atoms with Crippen LogP contribution in [0.15, 0.2) is 60.7 Å². The molecule has 0 saturated heterocycles. The molecule has 0 aliphatic heterocycles. The summed E-state index contributed by atoms with van der Waals surface area (Å²) < 4.78 is 6.64. The molecule has 0 radical (unpaired) electrons. The summed E-state index contributed by atoms with van der Waals surface area (Å²) in [6.07, 6.45) is 0. The minimum absolute atomic E-state index is 0.166. The molecule has 0 spiro atoms. The number of ether oxygens (including phenoxy) is 1. The second-order valence-corrected chi connectivity index (χ2v) is 5.09. The van der Waals surface area contributed by atoms with Crippen LogP contribution >= 0.6 is 0 Å². The Labute approximate surface area is 133 Å². The molecular weight excluding hydrogens is 292 g/mol. The Hall–Kier alpha value is -3.08. The van der Waals surface area contributed by atoms with Crippen LogP contribution in [0.5, 0.6) is 5.75 Å². The molecule has 3 aromatic rings.